The molecule has 3 aromatic carbocycles. The van der Waals surface area contributed by atoms with E-state index in [1.165, 1.54) is 0 Å². The Morgan fingerprint density at radius 3 is 1.24 bits per heavy atom. The zero-order valence-electron chi connectivity index (χ0n) is 14.0. The van der Waals surface area contributed by atoms with Crippen LogP contribution >= 0.6 is 7.26 Å². The summed E-state index contributed by atoms with van der Waals surface area (Å²) in [6.45, 7) is 1.84. The molecular formula is C21H21O3P. The Morgan fingerprint density at radius 2 is 1.00 bits per heavy atom. The van der Waals surface area contributed by atoms with Gasteiger partial charge in [-0.3, -0.25) is 0 Å². The molecule has 0 aliphatic rings. The molecule has 0 heterocycles. The third-order valence-corrected chi connectivity index (χ3v) is 9.15. The number of benzene rings is 3. The van der Waals surface area contributed by atoms with Crippen molar-refractivity contribution in [1.29, 1.82) is 0 Å². The molecule has 0 amide bonds. The average molecular weight is 352 g/mol. The van der Waals surface area contributed by atoms with Crippen LogP contribution < -0.4 is 15.9 Å². The highest BCUT2D eigenvalue weighted by Gasteiger charge is 2.53. The largest absolute Gasteiger partial charge is 0.870 e. The molecule has 0 aliphatic carbocycles. The molecule has 0 spiro atoms. The highest BCUT2D eigenvalue weighted by atomic mass is 31.2. The van der Waals surface area contributed by atoms with Gasteiger partial charge in [0.1, 0.15) is 23.2 Å². The third-order valence-electron chi connectivity index (χ3n) is 4.43. The molecular weight excluding hydrogens is 331 g/mol. The van der Waals surface area contributed by atoms with Crippen molar-refractivity contribution >= 4 is 29.1 Å². The molecule has 3 rings (SSSR count). The van der Waals surface area contributed by atoms with Crippen LogP contribution in [0.15, 0.2) is 91.0 Å². The van der Waals surface area contributed by atoms with Crippen LogP contribution in [-0.2, 0) is 4.79 Å². The fourth-order valence-corrected chi connectivity index (χ4v) is 7.77. The van der Waals surface area contributed by atoms with Crippen LogP contribution in [0.5, 0.6) is 0 Å². The highest BCUT2D eigenvalue weighted by Crippen LogP contribution is 2.59. The van der Waals surface area contributed by atoms with E-state index >= 15 is 0 Å². The fraction of sp³-hybridized carbons (Fsp3) is 0.0952. The minimum Gasteiger partial charge on any atom is -0.870 e. The van der Waals surface area contributed by atoms with Crippen LogP contribution in [0, 0.1) is 0 Å². The second-order valence-electron chi connectivity index (χ2n) is 5.74. The van der Waals surface area contributed by atoms with Crippen LogP contribution in [-0.4, -0.2) is 22.2 Å². The standard InChI is InChI=1S/C21H19O2P.H2O/c1-17(21(22)23)24(18-11-5-2-6-12-18,19-13-7-3-8-14-19)20-15-9-4-10-16-20;/h2-17H,1H3;1H2. The minimum atomic E-state index is -2.30. The van der Waals surface area contributed by atoms with Gasteiger partial charge in [0.05, 0.1) is 0 Å². The molecule has 3 nitrogen and oxygen atoms in total. The van der Waals surface area contributed by atoms with Gasteiger partial charge in [0, 0.05) is 0 Å². The molecule has 0 radical (unpaired) electrons. The number of carboxylic acids is 1. The maximum atomic E-state index is 12.1. The summed E-state index contributed by atoms with van der Waals surface area (Å²) in [6, 6.07) is 30.2. The molecule has 0 aromatic heterocycles. The molecule has 2 N–H and O–H groups in total. The van der Waals surface area contributed by atoms with Gasteiger partial charge >= 0.3 is 5.97 Å². The van der Waals surface area contributed by atoms with E-state index in [2.05, 4.69) is 36.4 Å². The van der Waals surface area contributed by atoms with Gasteiger partial charge in [-0.1, -0.05) is 54.6 Å². The van der Waals surface area contributed by atoms with E-state index in [1.807, 2.05) is 61.5 Å². The highest BCUT2D eigenvalue weighted by molar-refractivity contribution is 7.96. The first-order chi connectivity index (χ1) is 11.7. The lowest BCUT2D eigenvalue weighted by molar-refractivity contribution is -0.136. The minimum absolute atomic E-state index is 0. The van der Waals surface area contributed by atoms with Gasteiger partial charge < -0.3 is 10.6 Å². The van der Waals surface area contributed by atoms with E-state index in [-0.39, 0.29) is 5.48 Å². The molecule has 128 valence electrons. The van der Waals surface area contributed by atoms with Crippen molar-refractivity contribution in [3.05, 3.63) is 91.0 Å². The van der Waals surface area contributed by atoms with E-state index in [9.17, 15) is 9.90 Å². The molecule has 0 fully saturated rings. The van der Waals surface area contributed by atoms with Gasteiger partial charge in [-0.25, -0.2) is 4.79 Å². The summed E-state index contributed by atoms with van der Waals surface area (Å²) in [5, 5.41) is 13.2. The van der Waals surface area contributed by atoms with Crippen LogP contribution in [0.4, 0.5) is 0 Å². The van der Waals surface area contributed by atoms with Crippen molar-refractivity contribution in [2.24, 2.45) is 0 Å². The molecule has 0 saturated carbocycles. The summed E-state index contributed by atoms with van der Waals surface area (Å²) in [5.41, 5.74) is -0.510. The van der Waals surface area contributed by atoms with Crippen molar-refractivity contribution in [2.45, 2.75) is 12.6 Å². The molecule has 4 heteroatoms. The zero-order valence-corrected chi connectivity index (χ0v) is 14.9. The normalized spacial score (nSPS) is 12.0. The number of aliphatic carboxylic acids is 1. The Kier molecular flexibility index (Phi) is 6.08. The van der Waals surface area contributed by atoms with Crippen LogP contribution in [0.25, 0.3) is 0 Å². The third kappa shape index (κ3) is 3.34. The molecule has 3 aromatic rings. The number of carboxylic acid groups (broad SMARTS) is 1. The number of rotatable bonds is 5. The van der Waals surface area contributed by atoms with Gasteiger partial charge in [0.25, 0.3) is 0 Å². The smallest absolute Gasteiger partial charge is 0.345 e. The Balaban J connectivity index is 0.00000225. The van der Waals surface area contributed by atoms with Gasteiger partial charge in [0.15, 0.2) is 5.66 Å². The average Bonchev–Trinajstić information content (AvgIpc) is 2.65. The molecule has 1 unspecified atom stereocenters. The van der Waals surface area contributed by atoms with Crippen molar-refractivity contribution < 1.29 is 15.4 Å². The van der Waals surface area contributed by atoms with Crippen LogP contribution in [0.3, 0.4) is 0 Å². The van der Waals surface area contributed by atoms with Gasteiger partial charge in [-0.05, 0) is 43.3 Å². The summed E-state index contributed by atoms with van der Waals surface area (Å²) < 4.78 is 0. The predicted molar refractivity (Wildman–Crippen MR) is 104 cm³/mol. The molecule has 0 aliphatic heterocycles. The second-order valence-corrected chi connectivity index (χ2v) is 9.51. The second kappa shape index (κ2) is 8.06. The van der Waals surface area contributed by atoms with E-state index in [1.54, 1.807) is 0 Å². The zero-order chi connectivity index (χ0) is 17.0. The number of hydrogen-bond acceptors (Lipinski definition) is 2. The Bertz CT molecular complexity index is 708. The summed E-state index contributed by atoms with van der Waals surface area (Å²) >= 11 is 0. The monoisotopic (exact) mass is 352 g/mol. The summed E-state index contributed by atoms with van der Waals surface area (Å²) in [4.78, 5) is 12.1. The lowest BCUT2D eigenvalue weighted by Crippen LogP contribution is -2.41. The summed E-state index contributed by atoms with van der Waals surface area (Å²) in [6.07, 6.45) is 0. The van der Waals surface area contributed by atoms with Crippen molar-refractivity contribution in [2.75, 3.05) is 0 Å². The van der Waals surface area contributed by atoms with E-state index in [4.69, 9.17) is 0 Å². The van der Waals surface area contributed by atoms with E-state index in [0.717, 1.165) is 15.9 Å². The quantitative estimate of drug-likeness (QED) is 0.717. The Hall–Kier alpha value is -2.48. The van der Waals surface area contributed by atoms with Crippen molar-refractivity contribution in [1.82, 2.24) is 0 Å². The van der Waals surface area contributed by atoms with Crippen LogP contribution in [0.1, 0.15) is 6.92 Å². The first kappa shape index (κ1) is 18.9. The van der Waals surface area contributed by atoms with E-state index in [0.29, 0.717) is 0 Å². The topological polar surface area (TPSA) is 67.3 Å². The van der Waals surface area contributed by atoms with Gasteiger partial charge in [-0.15, -0.1) is 0 Å². The Labute approximate surface area is 148 Å². The van der Waals surface area contributed by atoms with E-state index < -0.39 is 18.9 Å². The van der Waals surface area contributed by atoms with Gasteiger partial charge in [-0.2, -0.15) is 0 Å². The maximum Gasteiger partial charge on any atom is 0.345 e. The molecule has 1 atom stereocenters. The molecule has 0 bridgehead atoms. The van der Waals surface area contributed by atoms with Crippen LogP contribution in [0.2, 0.25) is 0 Å². The summed E-state index contributed by atoms with van der Waals surface area (Å²) in [7, 11) is -2.30. The number of hydrogen-bond donors (Lipinski definition) is 1. The van der Waals surface area contributed by atoms with Crippen molar-refractivity contribution in [3.8, 4) is 0 Å². The Morgan fingerprint density at radius 1 is 0.720 bits per heavy atom. The predicted octanol–water partition coefficient (Wildman–Crippen LogP) is 3.28. The summed E-state index contributed by atoms with van der Waals surface area (Å²) in [5.74, 6) is -0.764. The fourth-order valence-electron chi connectivity index (χ4n) is 3.27. The first-order valence-corrected chi connectivity index (χ1v) is 9.81. The molecule has 25 heavy (non-hydrogen) atoms. The number of carbonyl (C=O) groups is 1. The first-order valence-electron chi connectivity index (χ1n) is 7.95. The lowest BCUT2D eigenvalue weighted by atomic mass is 10.3. The van der Waals surface area contributed by atoms with Gasteiger partial charge in [0.2, 0.25) is 0 Å². The lowest BCUT2D eigenvalue weighted by Gasteiger charge is -2.30. The maximum absolute atomic E-state index is 12.1. The SMILES string of the molecule is CC(C(=O)O)[P+](c1ccccc1)(c1ccccc1)c1ccccc1.[OH-]. The van der Waals surface area contributed by atoms with Crippen molar-refractivity contribution in [3.63, 3.8) is 0 Å². The molecule has 0 saturated heterocycles.